The fraction of sp³-hybridized carbons (Fsp3) is 0.800. The minimum absolute atomic E-state index is 0.0210. The highest BCUT2D eigenvalue weighted by molar-refractivity contribution is 5.76. The number of morpholine rings is 1. The quantitative estimate of drug-likeness (QED) is 0.692. The molecule has 1 aliphatic rings. The van der Waals surface area contributed by atoms with Crippen molar-refractivity contribution >= 4 is 5.91 Å². The van der Waals surface area contributed by atoms with E-state index in [4.69, 9.17) is 9.47 Å². The highest BCUT2D eigenvalue weighted by Gasteiger charge is 2.33. The van der Waals surface area contributed by atoms with E-state index in [0.717, 1.165) is 19.6 Å². The smallest absolute Gasteiger partial charge is 0.248 e. The van der Waals surface area contributed by atoms with Crippen LogP contribution in [0.5, 0.6) is 0 Å². The molecule has 1 heterocycles. The molecule has 0 aliphatic carbocycles. The Bertz CT molecular complexity index is 382. The molecule has 0 saturated carbocycles. The molecule has 1 amide bonds. The topological polar surface area (TPSA) is 42.0 Å². The molecule has 0 aromatic rings. The number of hydrogen-bond donors (Lipinski definition) is 0. The third-order valence-electron chi connectivity index (χ3n) is 3.06. The number of carbonyl (C=O) groups excluding carboxylic acids is 1. The van der Waals surface area contributed by atoms with Crippen LogP contribution in [0.4, 0.5) is 0 Å². The lowest BCUT2D eigenvalue weighted by Crippen LogP contribution is -2.54. The Morgan fingerprint density at radius 2 is 2.20 bits per heavy atom. The largest absolute Gasteiger partial charge is 0.369 e. The van der Waals surface area contributed by atoms with E-state index in [0.29, 0.717) is 6.61 Å². The first-order valence-corrected chi connectivity index (χ1v) is 6.92. The van der Waals surface area contributed by atoms with Crippen molar-refractivity contribution in [1.29, 1.82) is 0 Å². The Morgan fingerprint density at radius 3 is 2.80 bits per heavy atom. The van der Waals surface area contributed by atoms with Gasteiger partial charge in [0.1, 0.15) is 6.61 Å². The molecule has 20 heavy (non-hydrogen) atoms. The SMILES string of the molecule is CC#CCN1C[C@@H](COCC(=O)N(C)C)OC(C)(C)C1. The lowest BCUT2D eigenvalue weighted by Gasteiger charge is -2.42. The molecule has 0 aromatic carbocycles. The Morgan fingerprint density at radius 1 is 1.50 bits per heavy atom. The van der Waals surface area contributed by atoms with Crippen molar-refractivity contribution in [1.82, 2.24) is 9.80 Å². The van der Waals surface area contributed by atoms with Crippen molar-refractivity contribution in [2.24, 2.45) is 0 Å². The van der Waals surface area contributed by atoms with Gasteiger partial charge in [0.25, 0.3) is 0 Å². The summed E-state index contributed by atoms with van der Waals surface area (Å²) in [6.45, 7) is 8.90. The van der Waals surface area contributed by atoms with Gasteiger partial charge in [-0.1, -0.05) is 5.92 Å². The van der Waals surface area contributed by atoms with Crippen molar-refractivity contribution in [2.45, 2.75) is 32.5 Å². The van der Waals surface area contributed by atoms with E-state index >= 15 is 0 Å². The van der Waals surface area contributed by atoms with Crippen LogP contribution in [0.3, 0.4) is 0 Å². The first-order chi connectivity index (χ1) is 9.34. The average Bonchev–Trinajstić information content (AvgIpc) is 2.34. The van der Waals surface area contributed by atoms with E-state index < -0.39 is 0 Å². The van der Waals surface area contributed by atoms with Crippen LogP contribution in [0.2, 0.25) is 0 Å². The third-order valence-corrected chi connectivity index (χ3v) is 3.06. The van der Waals surface area contributed by atoms with Gasteiger partial charge >= 0.3 is 0 Å². The maximum absolute atomic E-state index is 11.4. The highest BCUT2D eigenvalue weighted by Crippen LogP contribution is 2.20. The van der Waals surface area contributed by atoms with Crippen molar-refractivity contribution < 1.29 is 14.3 Å². The lowest BCUT2D eigenvalue weighted by molar-refractivity contribution is -0.158. The number of nitrogens with zero attached hydrogens (tertiary/aromatic N) is 2. The molecule has 0 radical (unpaired) electrons. The fourth-order valence-electron chi connectivity index (χ4n) is 2.22. The summed E-state index contributed by atoms with van der Waals surface area (Å²) in [7, 11) is 3.44. The zero-order valence-corrected chi connectivity index (χ0v) is 13.2. The maximum atomic E-state index is 11.4. The van der Waals surface area contributed by atoms with Crippen LogP contribution >= 0.6 is 0 Å². The molecule has 0 aromatic heterocycles. The van der Waals surface area contributed by atoms with Gasteiger partial charge in [-0.3, -0.25) is 9.69 Å². The number of likely N-dealkylation sites (N-methyl/N-ethyl adjacent to an activating group) is 1. The minimum Gasteiger partial charge on any atom is -0.369 e. The molecular formula is C15H26N2O3. The second kappa shape index (κ2) is 7.63. The molecule has 5 heteroatoms. The second-order valence-electron chi connectivity index (χ2n) is 5.90. The maximum Gasteiger partial charge on any atom is 0.248 e. The van der Waals surface area contributed by atoms with Gasteiger partial charge in [0.2, 0.25) is 5.91 Å². The summed E-state index contributed by atoms with van der Waals surface area (Å²) in [6.07, 6.45) is -0.0210. The van der Waals surface area contributed by atoms with Gasteiger partial charge in [0.05, 0.1) is 24.9 Å². The molecule has 0 bridgehead atoms. The van der Waals surface area contributed by atoms with Crippen LogP contribution < -0.4 is 0 Å². The van der Waals surface area contributed by atoms with E-state index in [1.54, 1.807) is 14.1 Å². The molecule has 114 valence electrons. The Labute approximate surface area is 122 Å². The van der Waals surface area contributed by atoms with Crippen LogP contribution in [0.25, 0.3) is 0 Å². The summed E-state index contributed by atoms with van der Waals surface area (Å²) < 4.78 is 11.4. The van der Waals surface area contributed by atoms with Gasteiger partial charge in [-0.2, -0.15) is 0 Å². The van der Waals surface area contributed by atoms with Gasteiger partial charge in [-0.25, -0.2) is 0 Å². The van der Waals surface area contributed by atoms with E-state index in [2.05, 4.69) is 30.6 Å². The summed E-state index contributed by atoms with van der Waals surface area (Å²) >= 11 is 0. The standard InChI is InChI=1S/C15H26N2O3/c1-6-7-8-17-9-13(20-15(2,3)12-17)10-19-11-14(18)16(4)5/h13H,8-12H2,1-5H3/t13-/m0/s1. The van der Waals surface area contributed by atoms with E-state index in [9.17, 15) is 4.79 Å². The Balaban J connectivity index is 2.43. The first kappa shape index (κ1) is 17.0. The van der Waals surface area contributed by atoms with Gasteiger partial charge in [-0.05, 0) is 20.8 Å². The zero-order chi connectivity index (χ0) is 15.2. The molecule has 0 N–H and O–H groups in total. The first-order valence-electron chi connectivity index (χ1n) is 6.92. The Hall–Kier alpha value is -1.09. The summed E-state index contributed by atoms with van der Waals surface area (Å²) in [5.41, 5.74) is -0.215. The van der Waals surface area contributed by atoms with Crippen LogP contribution in [0.15, 0.2) is 0 Å². The molecule has 0 spiro atoms. The van der Waals surface area contributed by atoms with E-state index in [1.807, 2.05) is 6.92 Å². The van der Waals surface area contributed by atoms with E-state index in [-0.39, 0.29) is 24.2 Å². The third kappa shape index (κ3) is 5.91. The summed E-state index contributed by atoms with van der Waals surface area (Å²) in [6, 6.07) is 0. The van der Waals surface area contributed by atoms with Crippen LogP contribution in [-0.2, 0) is 14.3 Å². The highest BCUT2D eigenvalue weighted by atomic mass is 16.5. The number of rotatable bonds is 5. The van der Waals surface area contributed by atoms with Crippen LogP contribution in [0, 0.1) is 11.8 Å². The van der Waals surface area contributed by atoms with Crippen molar-refractivity contribution in [3.63, 3.8) is 0 Å². The monoisotopic (exact) mass is 282 g/mol. The van der Waals surface area contributed by atoms with Gasteiger partial charge < -0.3 is 14.4 Å². The molecule has 0 unspecified atom stereocenters. The summed E-state index contributed by atoms with van der Waals surface area (Å²) in [5, 5.41) is 0. The molecule has 1 aliphatic heterocycles. The van der Waals surface area contributed by atoms with Crippen LogP contribution in [-0.4, -0.2) is 74.4 Å². The van der Waals surface area contributed by atoms with Gasteiger partial charge in [0, 0.05) is 27.2 Å². The van der Waals surface area contributed by atoms with Crippen molar-refractivity contribution in [2.75, 3.05) is 46.9 Å². The van der Waals surface area contributed by atoms with Crippen molar-refractivity contribution in [3.8, 4) is 11.8 Å². The molecule has 1 rings (SSSR count). The summed E-state index contributed by atoms with van der Waals surface area (Å²) in [5.74, 6) is 5.96. The predicted octanol–water partition coefficient (Wildman–Crippen LogP) is 0.594. The lowest BCUT2D eigenvalue weighted by atomic mass is 10.1. The molecule has 1 atom stereocenters. The molecule has 5 nitrogen and oxygen atoms in total. The van der Waals surface area contributed by atoms with Gasteiger partial charge in [-0.15, -0.1) is 5.92 Å². The molecule has 1 fully saturated rings. The predicted molar refractivity (Wildman–Crippen MR) is 78.4 cm³/mol. The minimum atomic E-state index is -0.215. The molecular weight excluding hydrogens is 256 g/mol. The summed E-state index contributed by atoms with van der Waals surface area (Å²) in [4.78, 5) is 15.2. The van der Waals surface area contributed by atoms with Gasteiger partial charge in [0.15, 0.2) is 0 Å². The average molecular weight is 282 g/mol. The van der Waals surface area contributed by atoms with Crippen LogP contribution in [0.1, 0.15) is 20.8 Å². The van der Waals surface area contributed by atoms with E-state index in [1.165, 1.54) is 4.90 Å². The van der Waals surface area contributed by atoms with Crippen molar-refractivity contribution in [3.05, 3.63) is 0 Å². The Kier molecular flexibility index (Phi) is 6.47. The fourth-order valence-corrected chi connectivity index (χ4v) is 2.22. The second-order valence-corrected chi connectivity index (χ2v) is 5.90. The number of ether oxygens (including phenoxy) is 2. The number of carbonyl (C=O) groups is 1. The number of hydrogen-bond acceptors (Lipinski definition) is 4. The number of amides is 1. The molecule has 1 saturated heterocycles. The normalized spacial score (nSPS) is 21.9. The zero-order valence-electron chi connectivity index (χ0n) is 13.2.